The van der Waals surface area contributed by atoms with E-state index in [1.54, 1.807) is 18.2 Å². The average Bonchev–Trinajstić information content (AvgIpc) is 2.90. The predicted molar refractivity (Wildman–Crippen MR) is 76.4 cm³/mol. The van der Waals surface area contributed by atoms with Crippen LogP contribution in [0.2, 0.25) is 5.02 Å². The molecular weight excluding hydrogens is 278 g/mol. The maximum atomic E-state index is 6.24. The summed E-state index contributed by atoms with van der Waals surface area (Å²) in [6.07, 6.45) is 1.99. The van der Waals surface area contributed by atoms with Crippen molar-refractivity contribution < 1.29 is 4.74 Å². The summed E-state index contributed by atoms with van der Waals surface area (Å²) in [6.45, 7) is 2.78. The van der Waals surface area contributed by atoms with E-state index in [4.69, 9.17) is 22.1 Å². The molecule has 2 N–H and O–H groups in total. The Morgan fingerprint density at radius 3 is 3.10 bits per heavy atom. The highest BCUT2D eigenvalue weighted by Gasteiger charge is 2.25. The molecule has 0 spiro atoms. The van der Waals surface area contributed by atoms with Crippen molar-refractivity contribution in [3.8, 4) is 11.4 Å². The minimum Gasteiger partial charge on any atom is -0.399 e. The number of tetrazole rings is 1. The van der Waals surface area contributed by atoms with Gasteiger partial charge in [0.05, 0.1) is 17.2 Å². The van der Waals surface area contributed by atoms with Crippen LogP contribution in [0.15, 0.2) is 18.2 Å². The normalized spacial score (nSPS) is 22.9. The fraction of sp³-hybridized carbons (Fsp3) is 0.462. The number of aromatic nitrogens is 4. The molecule has 1 aromatic carbocycles. The van der Waals surface area contributed by atoms with E-state index >= 15 is 0 Å². The monoisotopic (exact) mass is 293 g/mol. The molecule has 0 radical (unpaired) electrons. The van der Waals surface area contributed by atoms with E-state index in [9.17, 15) is 0 Å². The van der Waals surface area contributed by atoms with Crippen molar-refractivity contribution in [1.29, 1.82) is 0 Å². The summed E-state index contributed by atoms with van der Waals surface area (Å²) < 4.78 is 7.40. The van der Waals surface area contributed by atoms with Crippen LogP contribution in [0.3, 0.4) is 0 Å². The molecule has 2 unspecified atom stereocenters. The lowest BCUT2D eigenvalue weighted by atomic mass is 10.0. The Morgan fingerprint density at radius 1 is 1.45 bits per heavy atom. The van der Waals surface area contributed by atoms with Gasteiger partial charge in [0, 0.05) is 17.9 Å². The maximum Gasteiger partial charge on any atom is 0.183 e. The highest BCUT2D eigenvalue weighted by atomic mass is 35.5. The standard InChI is InChI=1S/C13H16ClN5O/c1-8-6-10(4-5-20-8)19-13(16-17-18-19)11-7-9(15)2-3-12(11)14/h2-3,7-8,10H,4-6,15H2,1H3. The molecule has 1 saturated heterocycles. The first-order valence-corrected chi connectivity index (χ1v) is 6.98. The van der Waals surface area contributed by atoms with Crippen molar-refractivity contribution in [3.63, 3.8) is 0 Å². The topological polar surface area (TPSA) is 78.9 Å². The number of nitrogens with two attached hydrogens (primary N) is 1. The summed E-state index contributed by atoms with van der Waals surface area (Å²) in [5.74, 6) is 0.654. The first kappa shape index (κ1) is 13.3. The molecule has 20 heavy (non-hydrogen) atoms. The molecular formula is C13H16ClN5O. The van der Waals surface area contributed by atoms with Crippen molar-refractivity contribution >= 4 is 17.3 Å². The van der Waals surface area contributed by atoms with Crippen LogP contribution in [0.4, 0.5) is 5.69 Å². The van der Waals surface area contributed by atoms with Crippen LogP contribution in [0, 0.1) is 0 Å². The molecule has 2 atom stereocenters. The van der Waals surface area contributed by atoms with Gasteiger partial charge in [0.1, 0.15) is 0 Å². The van der Waals surface area contributed by atoms with Crippen LogP contribution in [-0.4, -0.2) is 32.9 Å². The Morgan fingerprint density at radius 2 is 2.30 bits per heavy atom. The molecule has 106 valence electrons. The zero-order valence-electron chi connectivity index (χ0n) is 11.2. The first-order valence-electron chi connectivity index (χ1n) is 6.60. The van der Waals surface area contributed by atoms with Gasteiger partial charge in [-0.2, -0.15) is 0 Å². The Hall–Kier alpha value is -1.66. The number of ether oxygens (including phenoxy) is 1. The van der Waals surface area contributed by atoms with E-state index in [0.717, 1.165) is 25.0 Å². The molecule has 2 aromatic rings. The fourth-order valence-corrected chi connectivity index (χ4v) is 2.73. The molecule has 0 bridgehead atoms. The maximum absolute atomic E-state index is 6.24. The number of hydrogen-bond acceptors (Lipinski definition) is 5. The third-order valence-electron chi connectivity index (χ3n) is 3.53. The Bertz CT molecular complexity index is 615. The molecule has 2 heterocycles. The van der Waals surface area contributed by atoms with Crippen LogP contribution < -0.4 is 5.73 Å². The summed E-state index contributed by atoms with van der Waals surface area (Å²) in [5, 5.41) is 12.6. The van der Waals surface area contributed by atoms with Gasteiger partial charge in [-0.05, 0) is 48.4 Å². The van der Waals surface area contributed by atoms with E-state index in [2.05, 4.69) is 22.4 Å². The molecule has 1 fully saturated rings. The smallest absolute Gasteiger partial charge is 0.183 e. The van der Waals surface area contributed by atoms with Crippen LogP contribution in [0.5, 0.6) is 0 Å². The second-order valence-corrected chi connectivity index (χ2v) is 5.45. The highest BCUT2D eigenvalue weighted by Crippen LogP contribution is 2.32. The average molecular weight is 294 g/mol. The number of anilines is 1. The second kappa shape index (κ2) is 5.38. The number of rotatable bonds is 2. The summed E-state index contributed by atoms with van der Waals surface area (Å²) in [7, 11) is 0. The molecule has 0 aliphatic carbocycles. The summed E-state index contributed by atoms with van der Waals surface area (Å²) in [6, 6.07) is 5.54. The number of nitrogen functional groups attached to an aromatic ring is 1. The van der Waals surface area contributed by atoms with Crippen LogP contribution in [0.1, 0.15) is 25.8 Å². The van der Waals surface area contributed by atoms with Gasteiger partial charge >= 0.3 is 0 Å². The van der Waals surface area contributed by atoms with Crippen LogP contribution in [0.25, 0.3) is 11.4 Å². The van der Waals surface area contributed by atoms with Gasteiger partial charge in [-0.15, -0.1) is 5.10 Å². The molecule has 1 aliphatic rings. The van der Waals surface area contributed by atoms with Crippen molar-refractivity contribution in [2.24, 2.45) is 0 Å². The zero-order valence-corrected chi connectivity index (χ0v) is 11.9. The van der Waals surface area contributed by atoms with Crippen molar-refractivity contribution in [2.45, 2.75) is 31.9 Å². The van der Waals surface area contributed by atoms with E-state index < -0.39 is 0 Å². The van der Waals surface area contributed by atoms with Gasteiger partial charge in [-0.1, -0.05) is 11.6 Å². The minimum atomic E-state index is 0.210. The molecule has 3 rings (SSSR count). The van der Waals surface area contributed by atoms with Gasteiger partial charge in [0.25, 0.3) is 0 Å². The van der Waals surface area contributed by atoms with Crippen molar-refractivity contribution in [3.05, 3.63) is 23.2 Å². The third kappa shape index (κ3) is 2.48. The van der Waals surface area contributed by atoms with Crippen LogP contribution >= 0.6 is 11.6 Å². The molecule has 0 amide bonds. The highest BCUT2D eigenvalue weighted by molar-refractivity contribution is 6.33. The molecule has 6 nitrogen and oxygen atoms in total. The van der Waals surface area contributed by atoms with Gasteiger partial charge in [0.2, 0.25) is 0 Å². The SMILES string of the molecule is CC1CC(n2nnnc2-c2cc(N)ccc2Cl)CCO1. The zero-order chi connectivity index (χ0) is 14.1. The quantitative estimate of drug-likeness (QED) is 0.860. The summed E-state index contributed by atoms with van der Waals surface area (Å²) in [4.78, 5) is 0. The van der Waals surface area contributed by atoms with Gasteiger partial charge < -0.3 is 10.5 Å². The van der Waals surface area contributed by atoms with E-state index in [-0.39, 0.29) is 12.1 Å². The van der Waals surface area contributed by atoms with Gasteiger partial charge in [-0.3, -0.25) is 0 Å². The number of hydrogen-bond donors (Lipinski definition) is 1. The third-order valence-corrected chi connectivity index (χ3v) is 3.86. The Kier molecular flexibility index (Phi) is 3.58. The second-order valence-electron chi connectivity index (χ2n) is 5.05. The summed E-state index contributed by atoms with van der Waals surface area (Å²) in [5.41, 5.74) is 7.23. The van der Waals surface area contributed by atoms with Crippen LogP contribution in [-0.2, 0) is 4.74 Å². The van der Waals surface area contributed by atoms with Gasteiger partial charge in [0.15, 0.2) is 5.82 Å². The lowest BCUT2D eigenvalue weighted by Gasteiger charge is -2.27. The number of nitrogens with zero attached hydrogens (tertiary/aromatic N) is 4. The molecule has 0 saturated carbocycles. The fourth-order valence-electron chi connectivity index (χ4n) is 2.53. The lowest BCUT2D eigenvalue weighted by molar-refractivity contribution is 0.00350. The van der Waals surface area contributed by atoms with Crippen molar-refractivity contribution in [2.75, 3.05) is 12.3 Å². The Labute approximate surface area is 121 Å². The summed E-state index contributed by atoms with van der Waals surface area (Å²) >= 11 is 6.24. The largest absolute Gasteiger partial charge is 0.399 e. The molecule has 1 aliphatic heterocycles. The lowest BCUT2D eigenvalue weighted by Crippen LogP contribution is -2.26. The van der Waals surface area contributed by atoms with E-state index in [1.165, 1.54) is 0 Å². The minimum absolute atomic E-state index is 0.210. The van der Waals surface area contributed by atoms with Gasteiger partial charge in [-0.25, -0.2) is 4.68 Å². The predicted octanol–water partition coefficient (Wildman–Crippen LogP) is 2.32. The van der Waals surface area contributed by atoms with E-state index in [1.807, 2.05) is 4.68 Å². The number of halogens is 1. The first-order chi connectivity index (χ1) is 9.65. The molecule has 1 aromatic heterocycles. The van der Waals surface area contributed by atoms with Crippen molar-refractivity contribution in [1.82, 2.24) is 20.2 Å². The molecule has 7 heteroatoms. The Balaban J connectivity index is 1.99. The van der Waals surface area contributed by atoms with E-state index in [0.29, 0.717) is 16.5 Å². The number of benzene rings is 1.